The van der Waals surface area contributed by atoms with E-state index in [0.717, 1.165) is 34.5 Å². The van der Waals surface area contributed by atoms with Crippen molar-refractivity contribution in [3.05, 3.63) is 54.0 Å². The number of pyridine rings is 2. The summed E-state index contributed by atoms with van der Waals surface area (Å²) in [6.45, 7) is 0. The van der Waals surface area contributed by atoms with E-state index in [-0.39, 0.29) is 12.1 Å². The van der Waals surface area contributed by atoms with Crippen LogP contribution in [0.15, 0.2) is 42.2 Å². The van der Waals surface area contributed by atoms with Crippen LogP contribution in [-0.2, 0) is 0 Å². The first kappa shape index (κ1) is 16.3. The minimum Gasteiger partial charge on any atom is -0.387 e. The maximum atomic E-state index is 9.29. The molecule has 138 valence electrons. The van der Waals surface area contributed by atoms with E-state index in [2.05, 4.69) is 53.2 Å². The Hall–Kier alpha value is -3.93. The first-order valence-corrected chi connectivity index (χ1v) is 8.92. The molecular formula is C19H17N9. The van der Waals surface area contributed by atoms with Crippen LogP contribution in [0, 0.1) is 17.2 Å². The van der Waals surface area contributed by atoms with Gasteiger partial charge in [0.05, 0.1) is 28.9 Å². The van der Waals surface area contributed by atoms with Crippen molar-refractivity contribution in [1.82, 2.24) is 30.7 Å². The molecule has 2 aliphatic rings. The maximum Gasteiger partial charge on any atom is 0.155 e. The standard InChI is InChI=1S/C19H17N9/c1-21-13-2-10(5-22-8-13)11-3-14-17(27-28-18(14)24-7-11)19-25-15-9-23-6-12(4-20)16(15)26-19/h2,5-9,14,18,21,24,28H,3H2,1H3,(H,25,26)/t14-,18?/m0/s1. The average Bonchev–Trinajstić information content (AvgIpc) is 3.36. The molecule has 9 nitrogen and oxygen atoms in total. The Kier molecular flexibility index (Phi) is 3.69. The molecule has 3 aromatic rings. The van der Waals surface area contributed by atoms with Crippen LogP contribution in [0.5, 0.6) is 0 Å². The SMILES string of the molecule is CNc1cncc(C2=CNC3NN=C(c4nc5c(C#N)cncc5[nH]4)[C@@H]3C2)c1. The third kappa shape index (κ3) is 2.54. The Morgan fingerprint density at radius 2 is 2.11 bits per heavy atom. The smallest absolute Gasteiger partial charge is 0.155 e. The van der Waals surface area contributed by atoms with E-state index >= 15 is 0 Å². The molecule has 2 atom stereocenters. The maximum absolute atomic E-state index is 9.29. The van der Waals surface area contributed by atoms with Crippen LogP contribution in [0.3, 0.4) is 0 Å². The number of nitriles is 1. The minimum atomic E-state index is 0.000895. The molecule has 3 aromatic heterocycles. The van der Waals surface area contributed by atoms with Crippen molar-refractivity contribution in [2.45, 2.75) is 12.6 Å². The lowest BCUT2D eigenvalue weighted by Gasteiger charge is -2.27. The summed E-state index contributed by atoms with van der Waals surface area (Å²) in [5.41, 5.74) is 8.94. The molecule has 0 saturated carbocycles. The van der Waals surface area contributed by atoms with Crippen LogP contribution in [-0.4, -0.2) is 38.9 Å². The average molecular weight is 371 g/mol. The number of nitrogens with one attached hydrogen (secondary N) is 4. The number of allylic oxidation sites excluding steroid dienone is 1. The van der Waals surface area contributed by atoms with Crippen molar-refractivity contribution >= 4 is 28.0 Å². The fourth-order valence-corrected chi connectivity index (χ4v) is 3.64. The van der Waals surface area contributed by atoms with Crippen LogP contribution in [0.4, 0.5) is 5.69 Å². The zero-order valence-electron chi connectivity index (χ0n) is 15.1. The zero-order valence-corrected chi connectivity index (χ0v) is 15.1. The lowest BCUT2D eigenvalue weighted by Crippen LogP contribution is -2.43. The van der Waals surface area contributed by atoms with Crippen molar-refractivity contribution in [3.8, 4) is 6.07 Å². The molecule has 0 amide bonds. The van der Waals surface area contributed by atoms with E-state index in [1.165, 1.54) is 6.20 Å². The van der Waals surface area contributed by atoms with Crippen LogP contribution in [0.25, 0.3) is 16.6 Å². The number of fused-ring (bicyclic) bond motifs is 2. The number of hydrogen-bond donors (Lipinski definition) is 4. The van der Waals surface area contributed by atoms with E-state index in [4.69, 9.17) is 0 Å². The first-order chi connectivity index (χ1) is 13.8. The van der Waals surface area contributed by atoms with E-state index in [1.54, 1.807) is 12.4 Å². The second kappa shape index (κ2) is 6.35. The van der Waals surface area contributed by atoms with Gasteiger partial charge in [-0.25, -0.2) is 4.98 Å². The molecular weight excluding hydrogens is 354 g/mol. The summed E-state index contributed by atoms with van der Waals surface area (Å²) in [4.78, 5) is 16.3. The van der Waals surface area contributed by atoms with Gasteiger partial charge < -0.3 is 15.6 Å². The molecule has 2 aliphatic heterocycles. The van der Waals surface area contributed by atoms with Crippen molar-refractivity contribution in [1.29, 1.82) is 5.26 Å². The minimum absolute atomic E-state index is 0.000895. The number of H-pyrrole nitrogens is 1. The molecule has 5 heterocycles. The summed E-state index contributed by atoms with van der Waals surface area (Å²) in [7, 11) is 1.88. The lowest BCUT2D eigenvalue weighted by molar-refractivity contribution is 0.427. The predicted molar refractivity (Wildman–Crippen MR) is 105 cm³/mol. The van der Waals surface area contributed by atoms with Gasteiger partial charge in [-0.3, -0.25) is 15.4 Å². The fourth-order valence-electron chi connectivity index (χ4n) is 3.64. The highest BCUT2D eigenvalue weighted by Crippen LogP contribution is 2.32. The molecule has 5 rings (SSSR count). The molecule has 0 fully saturated rings. The molecule has 0 spiro atoms. The molecule has 0 saturated heterocycles. The summed E-state index contributed by atoms with van der Waals surface area (Å²) in [6.07, 6.45) is 9.66. The highest BCUT2D eigenvalue weighted by Gasteiger charge is 2.37. The van der Waals surface area contributed by atoms with Gasteiger partial charge in [0.1, 0.15) is 23.5 Å². The monoisotopic (exact) mass is 371 g/mol. The lowest BCUT2D eigenvalue weighted by atomic mass is 9.87. The summed E-state index contributed by atoms with van der Waals surface area (Å²) >= 11 is 0. The van der Waals surface area contributed by atoms with Crippen molar-refractivity contribution in [2.24, 2.45) is 11.0 Å². The Morgan fingerprint density at radius 1 is 1.21 bits per heavy atom. The van der Waals surface area contributed by atoms with Gasteiger partial charge in [0.25, 0.3) is 0 Å². The Morgan fingerprint density at radius 3 is 2.96 bits per heavy atom. The van der Waals surface area contributed by atoms with E-state index in [0.29, 0.717) is 16.9 Å². The summed E-state index contributed by atoms with van der Waals surface area (Å²) in [5, 5.41) is 20.3. The highest BCUT2D eigenvalue weighted by atomic mass is 15.4. The Balaban J connectivity index is 1.47. The number of hydrogen-bond acceptors (Lipinski definition) is 8. The van der Waals surface area contributed by atoms with Crippen LogP contribution < -0.4 is 16.1 Å². The van der Waals surface area contributed by atoms with Crippen LogP contribution in [0.1, 0.15) is 23.4 Å². The number of aromatic amines is 1. The topological polar surface area (TPSA) is 127 Å². The van der Waals surface area contributed by atoms with Gasteiger partial charge in [0, 0.05) is 31.8 Å². The molecule has 0 bridgehead atoms. The molecule has 0 aliphatic carbocycles. The Bertz CT molecular complexity index is 1170. The molecule has 4 N–H and O–H groups in total. The van der Waals surface area contributed by atoms with Gasteiger partial charge in [-0.1, -0.05) is 0 Å². The third-order valence-corrected chi connectivity index (χ3v) is 5.11. The van der Waals surface area contributed by atoms with Gasteiger partial charge in [-0.15, -0.1) is 0 Å². The number of anilines is 1. The highest BCUT2D eigenvalue weighted by molar-refractivity contribution is 6.04. The molecule has 0 radical (unpaired) electrons. The summed E-state index contributed by atoms with van der Waals surface area (Å²) in [6, 6.07) is 4.21. The van der Waals surface area contributed by atoms with Crippen molar-refractivity contribution in [2.75, 3.05) is 12.4 Å². The third-order valence-electron chi connectivity index (χ3n) is 5.11. The number of nitrogens with zero attached hydrogens (tertiary/aromatic N) is 5. The molecule has 9 heteroatoms. The Labute approximate surface area is 160 Å². The van der Waals surface area contributed by atoms with Gasteiger partial charge in [-0.05, 0) is 23.6 Å². The zero-order chi connectivity index (χ0) is 19.1. The number of hydrazone groups is 1. The normalized spacial score (nSPS) is 20.4. The quantitative estimate of drug-likeness (QED) is 0.550. The van der Waals surface area contributed by atoms with Gasteiger partial charge in [0.15, 0.2) is 5.82 Å². The van der Waals surface area contributed by atoms with Gasteiger partial charge in [-0.2, -0.15) is 10.4 Å². The summed E-state index contributed by atoms with van der Waals surface area (Å²) in [5.74, 6) is 0.752. The van der Waals surface area contributed by atoms with E-state index < -0.39 is 0 Å². The van der Waals surface area contributed by atoms with Crippen molar-refractivity contribution < 1.29 is 0 Å². The van der Waals surface area contributed by atoms with Gasteiger partial charge in [0.2, 0.25) is 0 Å². The molecule has 0 aromatic carbocycles. The molecule has 28 heavy (non-hydrogen) atoms. The first-order valence-electron chi connectivity index (χ1n) is 8.92. The van der Waals surface area contributed by atoms with Crippen LogP contribution >= 0.6 is 0 Å². The largest absolute Gasteiger partial charge is 0.387 e. The van der Waals surface area contributed by atoms with Crippen LogP contribution in [0.2, 0.25) is 0 Å². The molecule has 1 unspecified atom stereocenters. The van der Waals surface area contributed by atoms with E-state index in [1.807, 2.05) is 19.4 Å². The fraction of sp³-hybridized carbons (Fsp3) is 0.211. The second-order valence-corrected chi connectivity index (χ2v) is 6.74. The van der Waals surface area contributed by atoms with E-state index in [9.17, 15) is 5.26 Å². The van der Waals surface area contributed by atoms with Gasteiger partial charge >= 0.3 is 0 Å². The summed E-state index contributed by atoms with van der Waals surface area (Å²) < 4.78 is 0. The predicted octanol–water partition coefficient (Wildman–Crippen LogP) is 1.55. The number of imidazole rings is 1. The number of aromatic nitrogens is 4. The second-order valence-electron chi connectivity index (χ2n) is 6.74. The number of rotatable bonds is 3. The van der Waals surface area contributed by atoms with Crippen molar-refractivity contribution in [3.63, 3.8) is 0 Å².